The fraction of sp³-hybridized carbons (Fsp3) is 0. The van der Waals surface area contributed by atoms with Gasteiger partial charge in [0.25, 0.3) is 0 Å². The van der Waals surface area contributed by atoms with Crippen LogP contribution in [-0.4, -0.2) is 0 Å². The molecule has 0 saturated carbocycles. The van der Waals surface area contributed by atoms with Gasteiger partial charge in [0.05, 0.1) is 0 Å². The molecule has 0 aliphatic rings. The lowest BCUT2D eigenvalue weighted by atomic mass is 9.94. The van der Waals surface area contributed by atoms with Crippen molar-refractivity contribution in [1.29, 1.82) is 0 Å². The minimum atomic E-state index is 0.743. The molecule has 0 unspecified atom stereocenters. The predicted octanol–water partition coefficient (Wildman–Crippen LogP) is 12.6. The molecule has 0 amide bonds. The van der Waals surface area contributed by atoms with Crippen molar-refractivity contribution in [3.8, 4) is 22.3 Å². The third-order valence-corrected chi connectivity index (χ3v) is 8.77. The molecule has 2 heteroatoms. The van der Waals surface area contributed by atoms with Gasteiger partial charge in [0.2, 0.25) is 0 Å². The lowest BCUT2D eigenvalue weighted by molar-refractivity contribution is 1.29. The molecule has 0 saturated heterocycles. The Morgan fingerprint density at radius 1 is 0.295 bits per heavy atom. The molecule has 0 fully saturated rings. The van der Waals surface area contributed by atoms with E-state index in [-0.39, 0.29) is 0 Å². The molecular weight excluding hydrogens is 554 g/mol. The molecule has 0 radical (unpaired) electrons. The predicted molar refractivity (Wildman–Crippen MR) is 190 cm³/mol. The topological polar surface area (TPSA) is 3.24 Å². The highest BCUT2D eigenvalue weighted by atomic mass is 35.5. The van der Waals surface area contributed by atoms with Gasteiger partial charge in [0.1, 0.15) is 0 Å². The minimum absolute atomic E-state index is 0.743. The summed E-state index contributed by atoms with van der Waals surface area (Å²) in [6.45, 7) is 0. The van der Waals surface area contributed by atoms with Crippen molar-refractivity contribution in [2.24, 2.45) is 0 Å². The average molecular weight is 582 g/mol. The third-order valence-electron chi connectivity index (χ3n) is 8.52. The summed E-state index contributed by atoms with van der Waals surface area (Å²) in [5, 5.41) is 8.36. The molecule has 1 nitrogen and oxygen atoms in total. The van der Waals surface area contributed by atoms with E-state index < -0.39 is 0 Å². The lowest BCUT2D eigenvalue weighted by Crippen LogP contribution is -2.10. The summed E-state index contributed by atoms with van der Waals surface area (Å²) in [5.74, 6) is 0. The van der Waals surface area contributed by atoms with Crippen molar-refractivity contribution in [2.45, 2.75) is 0 Å². The van der Waals surface area contributed by atoms with Crippen LogP contribution < -0.4 is 4.90 Å². The second-order valence-electron chi connectivity index (χ2n) is 11.1. The van der Waals surface area contributed by atoms with E-state index in [2.05, 4.69) is 163 Å². The van der Waals surface area contributed by atoms with Crippen LogP contribution in [0.5, 0.6) is 0 Å². The van der Waals surface area contributed by atoms with Crippen LogP contribution in [0.3, 0.4) is 0 Å². The first kappa shape index (κ1) is 26.3. The number of halogens is 1. The monoisotopic (exact) mass is 581 g/mol. The van der Waals surface area contributed by atoms with Crippen molar-refractivity contribution in [1.82, 2.24) is 0 Å². The van der Waals surface area contributed by atoms with Crippen molar-refractivity contribution in [2.75, 3.05) is 4.90 Å². The van der Waals surface area contributed by atoms with Gasteiger partial charge in [0.15, 0.2) is 0 Å². The van der Waals surface area contributed by atoms with Gasteiger partial charge in [-0.15, -0.1) is 0 Å². The fourth-order valence-corrected chi connectivity index (χ4v) is 6.49. The van der Waals surface area contributed by atoms with E-state index in [9.17, 15) is 0 Å². The van der Waals surface area contributed by atoms with Crippen molar-refractivity contribution >= 4 is 61.0 Å². The molecule has 0 atom stereocenters. The van der Waals surface area contributed by atoms with Gasteiger partial charge in [-0.1, -0.05) is 133 Å². The first-order chi connectivity index (χ1) is 21.7. The first-order valence-electron chi connectivity index (χ1n) is 14.9. The zero-order valence-corrected chi connectivity index (χ0v) is 24.7. The van der Waals surface area contributed by atoms with Crippen LogP contribution in [0.4, 0.5) is 17.1 Å². The Balaban J connectivity index is 1.30. The van der Waals surface area contributed by atoms with E-state index >= 15 is 0 Å². The third kappa shape index (κ3) is 4.68. The van der Waals surface area contributed by atoms with Gasteiger partial charge in [-0.05, 0) is 103 Å². The number of rotatable bonds is 5. The van der Waals surface area contributed by atoms with Crippen LogP contribution in [0.25, 0.3) is 54.6 Å². The summed E-state index contributed by atoms with van der Waals surface area (Å²) < 4.78 is 0. The average Bonchev–Trinajstić information content (AvgIpc) is 3.10. The molecule has 8 aromatic carbocycles. The molecule has 0 spiro atoms. The number of nitrogens with zero attached hydrogens (tertiary/aromatic N) is 1. The maximum atomic E-state index is 6.16. The molecule has 8 rings (SSSR count). The highest BCUT2D eigenvalue weighted by Crippen LogP contribution is 2.41. The van der Waals surface area contributed by atoms with E-state index in [1.54, 1.807) is 0 Å². The standard InChI is InChI=1S/C42H28ClN/c43-33-20-14-30(15-21-33)32-18-24-35(25-19-32)44(34-22-16-31(17-23-34)29-8-2-1-3-9-29)36-26-27-41-39-12-5-4-10-37(39)38-11-6-7-13-40(38)42(41)28-36/h1-28H. The molecule has 0 aliphatic carbocycles. The largest absolute Gasteiger partial charge is 0.310 e. The van der Waals surface area contributed by atoms with Crippen LogP contribution in [0.1, 0.15) is 0 Å². The van der Waals surface area contributed by atoms with Crippen LogP contribution in [-0.2, 0) is 0 Å². The van der Waals surface area contributed by atoms with Crippen LogP contribution in [0.2, 0.25) is 5.02 Å². The summed E-state index contributed by atoms with van der Waals surface area (Å²) in [7, 11) is 0. The summed E-state index contributed by atoms with van der Waals surface area (Å²) in [4.78, 5) is 2.35. The number of anilines is 3. The Kier molecular flexibility index (Phi) is 6.59. The zero-order valence-electron chi connectivity index (χ0n) is 24.0. The van der Waals surface area contributed by atoms with Gasteiger partial charge in [-0.2, -0.15) is 0 Å². The Hall–Kier alpha value is -5.37. The van der Waals surface area contributed by atoms with Crippen molar-refractivity contribution < 1.29 is 0 Å². The number of fused-ring (bicyclic) bond motifs is 6. The Morgan fingerprint density at radius 3 is 1.16 bits per heavy atom. The van der Waals surface area contributed by atoms with Gasteiger partial charge in [-0.25, -0.2) is 0 Å². The molecule has 0 aliphatic heterocycles. The van der Waals surface area contributed by atoms with E-state index in [4.69, 9.17) is 11.6 Å². The summed E-state index contributed by atoms with van der Waals surface area (Å²) in [5.41, 5.74) is 8.02. The summed E-state index contributed by atoms with van der Waals surface area (Å²) in [6.07, 6.45) is 0. The van der Waals surface area contributed by atoms with Gasteiger partial charge < -0.3 is 4.90 Å². The van der Waals surface area contributed by atoms with Gasteiger partial charge >= 0.3 is 0 Å². The number of hydrogen-bond donors (Lipinski definition) is 0. The van der Waals surface area contributed by atoms with Crippen LogP contribution >= 0.6 is 11.6 Å². The SMILES string of the molecule is Clc1ccc(-c2ccc(N(c3ccc(-c4ccccc4)cc3)c3ccc4c5ccccc5c5ccccc5c4c3)cc2)cc1. The quantitative estimate of drug-likeness (QED) is 0.183. The van der Waals surface area contributed by atoms with Gasteiger partial charge in [-0.3, -0.25) is 0 Å². The Labute approximate surface area is 262 Å². The summed E-state index contributed by atoms with van der Waals surface area (Å²) in [6, 6.07) is 60.6. The Bertz CT molecular complexity index is 2220. The van der Waals surface area contributed by atoms with E-state index in [1.807, 2.05) is 12.1 Å². The molecule has 208 valence electrons. The number of benzene rings is 8. The van der Waals surface area contributed by atoms with E-state index in [1.165, 1.54) is 43.4 Å². The maximum absolute atomic E-state index is 6.16. The van der Waals surface area contributed by atoms with Crippen LogP contribution in [0, 0.1) is 0 Å². The second kappa shape index (κ2) is 11.0. The zero-order chi connectivity index (χ0) is 29.5. The minimum Gasteiger partial charge on any atom is -0.310 e. The molecule has 0 heterocycles. The molecule has 8 aromatic rings. The normalized spacial score (nSPS) is 11.3. The van der Waals surface area contributed by atoms with Crippen molar-refractivity contribution in [3.05, 3.63) is 175 Å². The molecule has 44 heavy (non-hydrogen) atoms. The lowest BCUT2D eigenvalue weighted by Gasteiger charge is -2.26. The smallest absolute Gasteiger partial charge is 0.0468 e. The number of hydrogen-bond acceptors (Lipinski definition) is 1. The van der Waals surface area contributed by atoms with Crippen molar-refractivity contribution in [3.63, 3.8) is 0 Å². The highest BCUT2D eigenvalue weighted by molar-refractivity contribution is 6.30. The molecular formula is C42H28ClN. The summed E-state index contributed by atoms with van der Waals surface area (Å²) >= 11 is 6.16. The van der Waals surface area contributed by atoms with E-state index in [0.29, 0.717) is 0 Å². The van der Waals surface area contributed by atoms with Gasteiger partial charge in [0, 0.05) is 22.1 Å². The second-order valence-corrected chi connectivity index (χ2v) is 11.6. The molecule has 0 bridgehead atoms. The maximum Gasteiger partial charge on any atom is 0.0468 e. The van der Waals surface area contributed by atoms with Crippen LogP contribution in [0.15, 0.2) is 170 Å². The molecule has 0 aromatic heterocycles. The highest BCUT2D eigenvalue weighted by Gasteiger charge is 2.16. The first-order valence-corrected chi connectivity index (χ1v) is 15.3. The van der Waals surface area contributed by atoms with E-state index in [0.717, 1.165) is 33.2 Å². The molecule has 0 N–H and O–H groups in total. The Morgan fingerprint density at radius 2 is 0.659 bits per heavy atom. The fourth-order valence-electron chi connectivity index (χ4n) is 6.36.